The van der Waals surface area contributed by atoms with Crippen molar-refractivity contribution < 1.29 is 4.42 Å². The van der Waals surface area contributed by atoms with Gasteiger partial charge in [-0.1, -0.05) is 152 Å². The van der Waals surface area contributed by atoms with Gasteiger partial charge in [0.1, 0.15) is 11.2 Å². The van der Waals surface area contributed by atoms with E-state index in [0.717, 1.165) is 39.0 Å². The molecule has 4 nitrogen and oxygen atoms in total. The molecule has 0 N–H and O–H groups in total. The molecule has 0 saturated carbocycles. The van der Waals surface area contributed by atoms with E-state index in [1.807, 2.05) is 11.3 Å². The molecule has 0 saturated heterocycles. The van der Waals surface area contributed by atoms with Crippen LogP contribution in [-0.2, 0) is 0 Å². The summed E-state index contributed by atoms with van der Waals surface area (Å²) in [7, 11) is 0. The number of thiophene rings is 1. The highest BCUT2D eigenvalue weighted by Crippen LogP contribution is 2.50. The Morgan fingerprint density at radius 2 is 0.986 bits per heavy atom. The quantitative estimate of drug-likeness (QED) is 0.164. The van der Waals surface area contributed by atoms with Gasteiger partial charge in [-0.3, -0.25) is 0 Å². The topological polar surface area (TPSA) is 26.2 Å². The van der Waals surface area contributed by atoms with Crippen LogP contribution in [0.15, 0.2) is 235 Å². The highest BCUT2D eigenvalue weighted by atomic mass is 32.1. The normalized spacial score (nSPS) is 12.9. The number of aromatic nitrogens is 2. The minimum absolute atomic E-state index is 0.147. The summed E-state index contributed by atoms with van der Waals surface area (Å²) in [6.07, 6.45) is 0. The average Bonchev–Trinajstić information content (AvgIpc) is 4.19. The number of hydrogen-bond donors (Lipinski definition) is 0. The fourth-order valence-corrected chi connectivity index (χ4v) is 14.0. The highest BCUT2D eigenvalue weighted by Gasteiger charge is 2.44. The lowest BCUT2D eigenvalue weighted by atomic mass is 9.33. The molecule has 11 aromatic carbocycles. The van der Waals surface area contributed by atoms with Crippen LogP contribution in [-0.4, -0.2) is 15.8 Å². The minimum Gasteiger partial charge on any atom is -0.456 e. The van der Waals surface area contributed by atoms with Gasteiger partial charge < -0.3 is 18.5 Å². The van der Waals surface area contributed by atoms with Crippen molar-refractivity contribution in [3.05, 3.63) is 231 Å². The summed E-state index contributed by atoms with van der Waals surface area (Å²) >= 11 is 1.83. The summed E-state index contributed by atoms with van der Waals surface area (Å²) in [6.45, 7) is -0.147. The molecule has 0 bridgehead atoms. The molecule has 72 heavy (non-hydrogen) atoms. The van der Waals surface area contributed by atoms with E-state index in [2.05, 4.69) is 245 Å². The van der Waals surface area contributed by atoms with E-state index in [0.29, 0.717) is 0 Å². The molecule has 15 aromatic rings. The van der Waals surface area contributed by atoms with E-state index in [9.17, 15) is 0 Å². The second-order valence-corrected chi connectivity index (χ2v) is 20.6. The average molecular weight is 932 g/mol. The predicted molar refractivity (Wildman–Crippen MR) is 305 cm³/mol. The van der Waals surface area contributed by atoms with Crippen LogP contribution in [0.3, 0.4) is 0 Å². The zero-order valence-electron chi connectivity index (χ0n) is 38.7. The van der Waals surface area contributed by atoms with Gasteiger partial charge in [-0.05, 0) is 112 Å². The van der Waals surface area contributed by atoms with E-state index < -0.39 is 0 Å². The van der Waals surface area contributed by atoms with Crippen molar-refractivity contribution in [1.82, 2.24) is 9.13 Å². The first-order chi connectivity index (χ1) is 35.7. The summed E-state index contributed by atoms with van der Waals surface area (Å²) in [5.41, 5.74) is 20.9. The number of fused-ring (bicyclic) bond motifs is 17. The standard InChI is InChI=1S/C66H38BN3OS/c1-4-18-39(19-5-1)41-32-57-65-58(33-41)70-54-30-16-12-27-46(54)64-63-45-26-11-15-29-53(45)68(42-22-8-3-9-23-42)56(63)36-51(66(64)70)67(65)50-37-59-48(47-34-49-44-25-13-17-31-61(44)72-62(49)38-60(47)71-59)35-55(50)69(57)52-28-14-10-24-43(52)40-20-6-2-7-21-40/h1-38H. The van der Waals surface area contributed by atoms with Crippen molar-refractivity contribution in [3.8, 4) is 33.6 Å². The largest absolute Gasteiger partial charge is 0.456 e. The van der Waals surface area contributed by atoms with Crippen molar-refractivity contribution in [2.24, 2.45) is 0 Å². The number of furan rings is 1. The van der Waals surface area contributed by atoms with Crippen LogP contribution in [0.2, 0.25) is 0 Å². The van der Waals surface area contributed by atoms with E-state index >= 15 is 0 Å². The maximum absolute atomic E-state index is 7.12. The van der Waals surface area contributed by atoms with Gasteiger partial charge >= 0.3 is 0 Å². The van der Waals surface area contributed by atoms with Gasteiger partial charge in [0.15, 0.2) is 0 Å². The molecule has 6 heteroatoms. The van der Waals surface area contributed by atoms with Crippen molar-refractivity contribution in [2.75, 3.05) is 4.90 Å². The second-order valence-electron chi connectivity index (χ2n) is 19.5. The Kier molecular flexibility index (Phi) is 7.67. The maximum Gasteiger partial charge on any atom is 0.252 e. The number of nitrogens with zero attached hydrogens (tertiary/aromatic N) is 3. The van der Waals surface area contributed by atoms with Crippen LogP contribution in [0.1, 0.15) is 0 Å². The Morgan fingerprint density at radius 1 is 0.361 bits per heavy atom. The number of benzene rings is 11. The molecule has 0 aliphatic carbocycles. The zero-order valence-corrected chi connectivity index (χ0v) is 39.5. The van der Waals surface area contributed by atoms with Crippen molar-refractivity contribution in [1.29, 1.82) is 0 Å². The van der Waals surface area contributed by atoms with Crippen LogP contribution >= 0.6 is 11.3 Å². The van der Waals surface area contributed by atoms with Gasteiger partial charge in [0.2, 0.25) is 0 Å². The van der Waals surface area contributed by atoms with Crippen LogP contribution in [0, 0.1) is 0 Å². The van der Waals surface area contributed by atoms with Gasteiger partial charge in [-0.2, -0.15) is 0 Å². The molecule has 6 heterocycles. The lowest BCUT2D eigenvalue weighted by Crippen LogP contribution is -2.60. The van der Waals surface area contributed by atoms with E-state index in [4.69, 9.17) is 4.42 Å². The summed E-state index contributed by atoms with van der Waals surface area (Å²) in [6, 6.07) is 85.5. The third-order valence-electron chi connectivity index (χ3n) is 15.8. The molecule has 332 valence electrons. The van der Waals surface area contributed by atoms with E-state index in [1.54, 1.807) is 0 Å². The fourth-order valence-electron chi connectivity index (χ4n) is 12.9. The van der Waals surface area contributed by atoms with Crippen LogP contribution in [0.4, 0.5) is 17.1 Å². The molecule has 0 fully saturated rings. The lowest BCUT2D eigenvalue weighted by molar-refractivity contribution is 0.670. The number of rotatable bonds is 4. The smallest absolute Gasteiger partial charge is 0.252 e. The van der Waals surface area contributed by atoms with Crippen molar-refractivity contribution >= 4 is 137 Å². The van der Waals surface area contributed by atoms with Crippen LogP contribution in [0.5, 0.6) is 0 Å². The molecule has 0 spiro atoms. The fraction of sp³-hybridized carbons (Fsp3) is 0. The Bertz CT molecular complexity index is 4810. The summed E-state index contributed by atoms with van der Waals surface area (Å²) < 4.78 is 14.7. The first-order valence-electron chi connectivity index (χ1n) is 24.8. The Labute approximate surface area is 417 Å². The van der Waals surface area contributed by atoms with Crippen molar-refractivity contribution in [2.45, 2.75) is 0 Å². The first-order valence-corrected chi connectivity index (χ1v) is 25.6. The van der Waals surface area contributed by atoms with Gasteiger partial charge in [0, 0.05) is 80.8 Å². The second kappa shape index (κ2) is 14.3. The molecule has 0 radical (unpaired) electrons. The molecule has 2 aliphatic rings. The minimum atomic E-state index is -0.147. The molecular weight excluding hydrogens is 894 g/mol. The van der Waals surface area contributed by atoms with Gasteiger partial charge in [-0.15, -0.1) is 11.3 Å². The summed E-state index contributed by atoms with van der Waals surface area (Å²) in [5, 5.41) is 9.86. The molecule has 0 amide bonds. The molecular formula is C66H38BN3OS. The van der Waals surface area contributed by atoms with Crippen LogP contribution < -0.4 is 21.3 Å². The molecule has 0 atom stereocenters. The summed E-state index contributed by atoms with van der Waals surface area (Å²) in [5.74, 6) is 0. The van der Waals surface area contributed by atoms with E-state index in [1.165, 1.54) is 114 Å². The van der Waals surface area contributed by atoms with Gasteiger partial charge in [-0.25, -0.2) is 0 Å². The Balaban J connectivity index is 1.07. The maximum atomic E-state index is 7.12. The van der Waals surface area contributed by atoms with Crippen LogP contribution in [0.25, 0.3) is 119 Å². The number of anilines is 3. The highest BCUT2D eigenvalue weighted by molar-refractivity contribution is 7.25. The molecule has 2 aliphatic heterocycles. The summed E-state index contributed by atoms with van der Waals surface area (Å²) in [4.78, 5) is 2.59. The molecule has 17 rings (SSSR count). The monoisotopic (exact) mass is 931 g/mol. The Morgan fingerprint density at radius 3 is 1.79 bits per heavy atom. The molecule has 0 unspecified atom stereocenters. The van der Waals surface area contributed by atoms with Gasteiger partial charge in [0.25, 0.3) is 6.71 Å². The lowest BCUT2D eigenvalue weighted by Gasteiger charge is -2.41. The predicted octanol–water partition coefficient (Wildman–Crippen LogP) is 16.1. The molecule has 4 aromatic heterocycles. The third kappa shape index (κ3) is 5.11. The Hall–Kier alpha value is -9.10. The number of hydrogen-bond acceptors (Lipinski definition) is 3. The zero-order chi connectivity index (χ0) is 46.8. The van der Waals surface area contributed by atoms with Gasteiger partial charge in [0.05, 0.1) is 27.8 Å². The first kappa shape index (κ1) is 38.7. The van der Waals surface area contributed by atoms with E-state index in [-0.39, 0.29) is 6.71 Å². The third-order valence-corrected chi connectivity index (χ3v) is 17.0. The number of para-hydroxylation sites is 4. The van der Waals surface area contributed by atoms with Crippen molar-refractivity contribution in [3.63, 3.8) is 0 Å². The SMILES string of the molecule is c1ccc(-c2cc3c4c(c2)-n2c5ccccc5c5c6c7ccccc7n(-c7ccccc7)c6cc(c52)B4c2cc4oc5cc6sc7ccccc7c6cc5c4cc2N3c2ccccc2-c2ccccc2)cc1.